The number of amides is 1. The number of nitrogens with zero attached hydrogens (tertiary/aromatic N) is 1. The van der Waals surface area contributed by atoms with E-state index >= 15 is 0 Å². The van der Waals surface area contributed by atoms with E-state index in [-0.39, 0.29) is 5.91 Å². The minimum atomic E-state index is 0.198. The molecule has 0 N–H and O–H groups in total. The van der Waals surface area contributed by atoms with Crippen LogP contribution in [-0.4, -0.2) is 23.9 Å². The summed E-state index contributed by atoms with van der Waals surface area (Å²) in [6.07, 6.45) is 4.91. The first kappa shape index (κ1) is 13.8. The lowest BCUT2D eigenvalue weighted by Crippen LogP contribution is -2.38. The van der Waals surface area contributed by atoms with E-state index in [2.05, 4.69) is 29.5 Å². The molecule has 0 saturated carbocycles. The fourth-order valence-corrected chi connectivity index (χ4v) is 3.18. The van der Waals surface area contributed by atoms with Crippen LogP contribution in [0.5, 0.6) is 0 Å². The Kier molecular flexibility index (Phi) is 5.03. The molecule has 2 nitrogen and oxygen atoms in total. The minimum absolute atomic E-state index is 0.198. The maximum atomic E-state index is 12.3. The lowest BCUT2D eigenvalue weighted by Gasteiger charge is -2.32. The molecule has 0 atom stereocenters. The summed E-state index contributed by atoms with van der Waals surface area (Å²) in [6.45, 7) is 4.09. The van der Waals surface area contributed by atoms with Crippen molar-refractivity contribution in [1.29, 1.82) is 0 Å². The van der Waals surface area contributed by atoms with Crippen molar-refractivity contribution in [3.05, 3.63) is 33.4 Å². The highest BCUT2D eigenvalue weighted by Crippen LogP contribution is 2.23. The van der Waals surface area contributed by atoms with Crippen LogP contribution in [0.1, 0.15) is 43.0 Å². The molecule has 0 unspecified atom stereocenters. The van der Waals surface area contributed by atoms with Gasteiger partial charge in [0.1, 0.15) is 0 Å². The van der Waals surface area contributed by atoms with Gasteiger partial charge in [0.2, 0.25) is 0 Å². The molecule has 1 fully saturated rings. The van der Waals surface area contributed by atoms with Crippen molar-refractivity contribution in [1.82, 2.24) is 4.90 Å². The van der Waals surface area contributed by atoms with Crippen LogP contribution in [0, 0.1) is 9.49 Å². The van der Waals surface area contributed by atoms with E-state index < -0.39 is 0 Å². The zero-order valence-electron chi connectivity index (χ0n) is 10.9. The molecular weight excluding hydrogens is 337 g/mol. The normalized spacial score (nSPS) is 16.9. The van der Waals surface area contributed by atoms with Crippen LogP contribution in [0.25, 0.3) is 0 Å². The molecule has 18 heavy (non-hydrogen) atoms. The molecular formula is C15H20INO. The average molecular weight is 357 g/mol. The SMILES string of the molecule is CCCC1CCN(C(=O)c2cccc(I)c2)CC1. The quantitative estimate of drug-likeness (QED) is 0.751. The van der Waals surface area contributed by atoms with E-state index in [1.807, 2.05) is 29.2 Å². The van der Waals surface area contributed by atoms with Crippen molar-refractivity contribution in [2.24, 2.45) is 5.92 Å². The first-order valence-electron chi connectivity index (χ1n) is 6.75. The Balaban J connectivity index is 1.95. The van der Waals surface area contributed by atoms with Gasteiger partial charge in [-0.1, -0.05) is 25.8 Å². The lowest BCUT2D eigenvalue weighted by molar-refractivity contribution is 0.0686. The lowest BCUT2D eigenvalue weighted by atomic mass is 9.92. The van der Waals surface area contributed by atoms with Crippen LogP contribution in [0.2, 0.25) is 0 Å². The highest BCUT2D eigenvalue weighted by atomic mass is 127. The largest absolute Gasteiger partial charge is 0.339 e. The summed E-state index contributed by atoms with van der Waals surface area (Å²) in [4.78, 5) is 14.4. The van der Waals surface area contributed by atoms with Gasteiger partial charge < -0.3 is 4.90 Å². The number of halogens is 1. The van der Waals surface area contributed by atoms with Gasteiger partial charge in [-0.15, -0.1) is 0 Å². The molecule has 2 rings (SSSR count). The molecule has 1 aromatic rings. The number of likely N-dealkylation sites (tertiary alicyclic amines) is 1. The second kappa shape index (κ2) is 6.55. The van der Waals surface area contributed by atoms with Crippen molar-refractivity contribution in [2.45, 2.75) is 32.6 Å². The first-order chi connectivity index (χ1) is 8.70. The Labute approximate surface area is 123 Å². The summed E-state index contributed by atoms with van der Waals surface area (Å²) in [5, 5.41) is 0. The monoisotopic (exact) mass is 357 g/mol. The van der Waals surface area contributed by atoms with E-state index in [4.69, 9.17) is 0 Å². The van der Waals surface area contributed by atoms with Gasteiger partial charge >= 0.3 is 0 Å². The van der Waals surface area contributed by atoms with Gasteiger partial charge in [-0.05, 0) is 59.5 Å². The zero-order chi connectivity index (χ0) is 13.0. The van der Waals surface area contributed by atoms with Gasteiger partial charge in [-0.2, -0.15) is 0 Å². The minimum Gasteiger partial charge on any atom is -0.339 e. The van der Waals surface area contributed by atoms with E-state index in [0.717, 1.165) is 28.1 Å². The summed E-state index contributed by atoms with van der Waals surface area (Å²) < 4.78 is 1.12. The van der Waals surface area contributed by atoms with Gasteiger partial charge in [0, 0.05) is 22.2 Å². The molecule has 0 aromatic heterocycles. The van der Waals surface area contributed by atoms with Crippen molar-refractivity contribution in [3.63, 3.8) is 0 Å². The predicted octanol–water partition coefficient (Wildman–Crippen LogP) is 3.94. The van der Waals surface area contributed by atoms with Crippen LogP contribution in [0.4, 0.5) is 0 Å². The van der Waals surface area contributed by atoms with E-state index in [1.54, 1.807) is 0 Å². The molecule has 98 valence electrons. The molecule has 1 aliphatic heterocycles. The molecule has 1 amide bonds. The number of piperidine rings is 1. The number of rotatable bonds is 3. The number of benzene rings is 1. The van der Waals surface area contributed by atoms with Crippen LogP contribution in [-0.2, 0) is 0 Å². The van der Waals surface area contributed by atoms with Gasteiger partial charge in [-0.3, -0.25) is 4.79 Å². The maximum Gasteiger partial charge on any atom is 0.253 e. The molecule has 1 saturated heterocycles. The highest BCUT2D eigenvalue weighted by Gasteiger charge is 2.22. The third-order valence-electron chi connectivity index (χ3n) is 3.67. The van der Waals surface area contributed by atoms with Gasteiger partial charge in [0.25, 0.3) is 5.91 Å². The number of hydrogen-bond donors (Lipinski definition) is 0. The molecule has 1 aliphatic rings. The first-order valence-corrected chi connectivity index (χ1v) is 7.83. The Morgan fingerprint density at radius 2 is 2.11 bits per heavy atom. The maximum absolute atomic E-state index is 12.3. The van der Waals surface area contributed by atoms with E-state index in [1.165, 1.54) is 25.7 Å². The van der Waals surface area contributed by atoms with E-state index in [0.29, 0.717) is 0 Å². The molecule has 1 aromatic carbocycles. The molecule has 3 heteroatoms. The zero-order valence-corrected chi connectivity index (χ0v) is 13.0. The van der Waals surface area contributed by atoms with Crippen molar-refractivity contribution in [2.75, 3.05) is 13.1 Å². The third-order valence-corrected chi connectivity index (χ3v) is 4.34. The third kappa shape index (κ3) is 3.46. The fourth-order valence-electron chi connectivity index (χ4n) is 2.64. The van der Waals surface area contributed by atoms with Crippen molar-refractivity contribution in [3.8, 4) is 0 Å². The van der Waals surface area contributed by atoms with Crippen LogP contribution >= 0.6 is 22.6 Å². The highest BCUT2D eigenvalue weighted by molar-refractivity contribution is 14.1. The molecule has 1 heterocycles. The summed E-state index contributed by atoms with van der Waals surface area (Å²) in [5.74, 6) is 1.03. The molecule has 0 bridgehead atoms. The van der Waals surface area contributed by atoms with Gasteiger partial charge in [0.15, 0.2) is 0 Å². The van der Waals surface area contributed by atoms with Gasteiger partial charge in [-0.25, -0.2) is 0 Å². The van der Waals surface area contributed by atoms with E-state index in [9.17, 15) is 4.79 Å². The second-order valence-electron chi connectivity index (χ2n) is 5.03. The van der Waals surface area contributed by atoms with Crippen LogP contribution < -0.4 is 0 Å². The average Bonchev–Trinajstić information content (AvgIpc) is 2.39. The molecule has 0 radical (unpaired) electrons. The van der Waals surface area contributed by atoms with Crippen molar-refractivity contribution >= 4 is 28.5 Å². The van der Waals surface area contributed by atoms with Crippen molar-refractivity contribution < 1.29 is 4.79 Å². The Hall–Kier alpha value is -0.580. The topological polar surface area (TPSA) is 20.3 Å². The van der Waals surface area contributed by atoms with Crippen LogP contribution in [0.15, 0.2) is 24.3 Å². The summed E-state index contributed by atoms with van der Waals surface area (Å²) >= 11 is 2.25. The molecule has 0 aliphatic carbocycles. The van der Waals surface area contributed by atoms with Gasteiger partial charge in [0.05, 0.1) is 0 Å². The summed E-state index contributed by atoms with van der Waals surface area (Å²) in [6, 6.07) is 7.87. The van der Waals surface area contributed by atoms with Crippen LogP contribution in [0.3, 0.4) is 0 Å². The smallest absolute Gasteiger partial charge is 0.253 e. The Morgan fingerprint density at radius 3 is 2.72 bits per heavy atom. The standard InChI is InChI=1S/C15H20INO/c1-2-4-12-7-9-17(10-8-12)15(18)13-5-3-6-14(16)11-13/h3,5-6,11-12H,2,4,7-10H2,1H3. The number of carbonyl (C=O) groups is 1. The summed E-state index contributed by atoms with van der Waals surface area (Å²) in [5.41, 5.74) is 0.829. The second-order valence-corrected chi connectivity index (χ2v) is 6.28. The fraction of sp³-hybridized carbons (Fsp3) is 0.533. The molecule has 0 spiro atoms. The Morgan fingerprint density at radius 1 is 1.39 bits per heavy atom. The predicted molar refractivity (Wildman–Crippen MR) is 82.7 cm³/mol. The summed E-state index contributed by atoms with van der Waals surface area (Å²) in [7, 11) is 0. The Bertz CT molecular complexity index is 411. The number of hydrogen-bond acceptors (Lipinski definition) is 1. The number of carbonyl (C=O) groups excluding carboxylic acids is 1.